The van der Waals surface area contributed by atoms with Crippen LogP contribution in [-0.4, -0.2) is 47.9 Å². The number of likely N-dealkylation sites (N-methyl/N-ethyl adjacent to an activating group) is 1. The average Bonchev–Trinajstić information content (AvgIpc) is 2.62. The average molecular weight is 287 g/mol. The van der Waals surface area contributed by atoms with Crippen LogP contribution < -0.4 is 5.32 Å². The molecule has 4 nitrogen and oxygen atoms in total. The Hall–Kier alpha value is -0.580. The van der Waals surface area contributed by atoms with E-state index in [4.69, 9.17) is 11.6 Å². The molecule has 0 aliphatic carbocycles. The zero-order chi connectivity index (χ0) is 14.4. The van der Waals surface area contributed by atoms with Crippen molar-refractivity contribution in [3.8, 4) is 0 Å². The first kappa shape index (κ1) is 16.5. The molecule has 0 saturated heterocycles. The maximum atomic E-state index is 6.42. The molecule has 1 rings (SSSR count). The van der Waals surface area contributed by atoms with Crippen molar-refractivity contribution in [2.24, 2.45) is 7.05 Å². The van der Waals surface area contributed by atoms with Crippen LogP contribution in [0.4, 0.5) is 0 Å². The highest BCUT2D eigenvalue weighted by Gasteiger charge is 2.18. The minimum Gasteiger partial charge on any atom is -0.312 e. The van der Waals surface area contributed by atoms with Crippen molar-refractivity contribution in [3.63, 3.8) is 0 Å². The van der Waals surface area contributed by atoms with Gasteiger partial charge in [0, 0.05) is 26.1 Å². The monoisotopic (exact) mass is 286 g/mol. The highest BCUT2D eigenvalue weighted by atomic mass is 35.5. The third-order valence-electron chi connectivity index (χ3n) is 3.21. The number of hydrogen-bond acceptors (Lipinski definition) is 3. The summed E-state index contributed by atoms with van der Waals surface area (Å²) in [4.78, 5) is 2.21. The van der Waals surface area contributed by atoms with Gasteiger partial charge in [-0.1, -0.05) is 25.4 Å². The molecular weight excluding hydrogens is 260 g/mol. The van der Waals surface area contributed by atoms with Crippen molar-refractivity contribution in [2.45, 2.75) is 39.2 Å². The number of halogens is 1. The molecule has 1 N–H and O–H groups in total. The predicted molar refractivity (Wildman–Crippen MR) is 81.9 cm³/mol. The Morgan fingerprint density at radius 2 is 2.05 bits per heavy atom. The summed E-state index contributed by atoms with van der Waals surface area (Å²) < 4.78 is 1.93. The molecule has 110 valence electrons. The zero-order valence-electron chi connectivity index (χ0n) is 12.8. The van der Waals surface area contributed by atoms with E-state index >= 15 is 0 Å². The summed E-state index contributed by atoms with van der Waals surface area (Å²) in [5.74, 6) is 0. The summed E-state index contributed by atoms with van der Waals surface area (Å²) in [5, 5.41) is 8.91. The van der Waals surface area contributed by atoms with Gasteiger partial charge < -0.3 is 10.2 Å². The summed E-state index contributed by atoms with van der Waals surface area (Å²) in [6, 6.07) is 0.410. The molecule has 0 aromatic carbocycles. The number of rotatable bonds is 8. The predicted octanol–water partition coefficient (Wildman–Crippen LogP) is 2.11. The van der Waals surface area contributed by atoms with E-state index < -0.39 is 0 Å². The van der Waals surface area contributed by atoms with Gasteiger partial charge in [0.25, 0.3) is 0 Å². The quantitative estimate of drug-likeness (QED) is 0.795. The van der Waals surface area contributed by atoms with Gasteiger partial charge in [-0.25, -0.2) is 0 Å². The van der Waals surface area contributed by atoms with Crippen molar-refractivity contribution in [2.75, 3.05) is 27.2 Å². The van der Waals surface area contributed by atoms with Gasteiger partial charge in [0.15, 0.2) is 0 Å². The molecule has 1 heterocycles. The summed E-state index contributed by atoms with van der Waals surface area (Å²) in [7, 11) is 6.18. The summed E-state index contributed by atoms with van der Waals surface area (Å²) in [6.45, 7) is 6.31. The van der Waals surface area contributed by atoms with E-state index in [1.165, 1.54) is 0 Å². The fourth-order valence-corrected chi connectivity index (χ4v) is 2.64. The van der Waals surface area contributed by atoms with Crippen molar-refractivity contribution in [1.82, 2.24) is 20.0 Å². The number of aryl methyl sites for hydroxylation is 2. The van der Waals surface area contributed by atoms with E-state index in [-0.39, 0.29) is 0 Å². The summed E-state index contributed by atoms with van der Waals surface area (Å²) in [6.07, 6.45) is 2.94. The lowest BCUT2D eigenvalue weighted by Gasteiger charge is -2.22. The normalized spacial score (nSPS) is 13.2. The highest BCUT2D eigenvalue weighted by molar-refractivity contribution is 6.31. The minimum atomic E-state index is 0.410. The topological polar surface area (TPSA) is 33.1 Å². The molecule has 1 aromatic heterocycles. The van der Waals surface area contributed by atoms with Gasteiger partial charge in [0.2, 0.25) is 0 Å². The number of nitrogens with one attached hydrogen (secondary N) is 1. The fraction of sp³-hybridized carbons (Fsp3) is 0.786. The second kappa shape index (κ2) is 7.88. The van der Waals surface area contributed by atoms with E-state index in [1.54, 1.807) is 0 Å². The Balaban J connectivity index is 2.79. The largest absolute Gasteiger partial charge is 0.312 e. The molecule has 0 aliphatic heterocycles. The van der Waals surface area contributed by atoms with Crippen LogP contribution in [0.25, 0.3) is 0 Å². The first-order valence-electron chi connectivity index (χ1n) is 7.07. The van der Waals surface area contributed by atoms with Crippen molar-refractivity contribution < 1.29 is 0 Å². The third kappa shape index (κ3) is 4.79. The van der Waals surface area contributed by atoms with Gasteiger partial charge in [-0.05, 0) is 33.5 Å². The Morgan fingerprint density at radius 1 is 1.37 bits per heavy atom. The van der Waals surface area contributed by atoms with Gasteiger partial charge in [-0.3, -0.25) is 4.68 Å². The van der Waals surface area contributed by atoms with E-state index in [9.17, 15) is 0 Å². The number of aromatic nitrogens is 2. The minimum absolute atomic E-state index is 0.410. The van der Waals surface area contributed by atoms with E-state index in [0.717, 1.165) is 48.8 Å². The van der Waals surface area contributed by atoms with Gasteiger partial charge in [-0.15, -0.1) is 0 Å². The third-order valence-corrected chi connectivity index (χ3v) is 3.65. The molecule has 0 spiro atoms. The first-order chi connectivity index (χ1) is 8.99. The smallest absolute Gasteiger partial charge is 0.0850 e. The summed E-state index contributed by atoms with van der Waals surface area (Å²) in [5.41, 5.74) is 2.13. The highest BCUT2D eigenvalue weighted by Crippen LogP contribution is 2.22. The molecule has 0 radical (unpaired) electrons. The van der Waals surface area contributed by atoms with Crippen molar-refractivity contribution in [3.05, 3.63) is 16.4 Å². The van der Waals surface area contributed by atoms with Gasteiger partial charge >= 0.3 is 0 Å². The van der Waals surface area contributed by atoms with Gasteiger partial charge in [0.05, 0.1) is 16.4 Å². The molecule has 0 amide bonds. The van der Waals surface area contributed by atoms with Crippen LogP contribution in [0.5, 0.6) is 0 Å². The molecular formula is C14H27ClN4. The van der Waals surface area contributed by atoms with Crippen LogP contribution in [0.3, 0.4) is 0 Å². The van der Waals surface area contributed by atoms with Crippen LogP contribution in [0.1, 0.15) is 31.7 Å². The zero-order valence-corrected chi connectivity index (χ0v) is 13.6. The van der Waals surface area contributed by atoms with Crippen LogP contribution in [0.15, 0.2) is 0 Å². The molecule has 0 bridgehead atoms. The van der Waals surface area contributed by atoms with E-state index in [0.29, 0.717) is 6.04 Å². The standard InChI is InChI=1S/C14H27ClN4/c1-6-8-16-11(10-18(3)4)9-13-14(15)12(7-2)17-19(13)5/h11,16H,6-10H2,1-5H3. The van der Waals surface area contributed by atoms with Crippen LogP contribution in [0, 0.1) is 0 Å². The number of nitrogens with zero attached hydrogens (tertiary/aromatic N) is 3. The lowest BCUT2D eigenvalue weighted by atomic mass is 10.1. The first-order valence-corrected chi connectivity index (χ1v) is 7.45. The van der Waals surface area contributed by atoms with E-state index in [1.807, 2.05) is 11.7 Å². The van der Waals surface area contributed by atoms with Gasteiger partial charge in [0.1, 0.15) is 0 Å². The Morgan fingerprint density at radius 3 is 2.53 bits per heavy atom. The molecule has 0 saturated carbocycles. The van der Waals surface area contributed by atoms with Crippen LogP contribution >= 0.6 is 11.6 Å². The molecule has 0 fully saturated rings. The molecule has 5 heteroatoms. The maximum absolute atomic E-state index is 6.42. The second-order valence-corrected chi connectivity index (χ2v) is 5.68. The van der Waals surface area contributed by atoms with Crippen molar-refractivity contribution >= 4 is 11.6 Å². The molecule has 19 heavy (non-hydrogen) atoms. The maximum Gasteiger partial charge on any atom is 0.0850 e. The molecule has 1 atom stereocenters. The van der Waals surface area contributed by atoms with Crippen LogP contribution in [0.2, 0.25) is 5.02 Å². The Kier molecular flexibility index (Phi) is 6.83. The number of hydrogen-bond donors (Lipinski definition) is 1. The Bertz CT molecular complexity index is 387. The molecule has 1 aromatic rings. The van der Waals surface area contributed by atoms with Crippen molar-refractivity contribution in [1.29, 1.82) is 0 Å². The SMILES string of the molecule is CCCNC(Cc1c(Cl)c(CC)nn1C)CN(C)C. The second-order valence-electron chi connectivity index (χ2n) is 5.30. The van der Waals surface area contributed by atoms with Gasteiger partial charge in [-0.2, -0.15) is 5.10 Å². The molecule has 0 aliphatic rings. The van der Waals surface area contributed by atoms with Crippen LogP contribution in [-0.2, 0) is 19.9 Å². The van der Waals surface area contributed by atoms with E-state index in [2.05, 4.69) is 43.3 Å². The lowest BCUT2D eigenvalue weighted by Crippen LogP contribution is -2.40. The fourth-order valence-electron chi connectivity index (χ4n) is 2.27. The lowest BCUT2D eigenvalue weighted by molar-refractivity contribution is 0.333. The molecule has 1 unspecified atom stereocenters. The Labute approximate surface area is 122 Å². The summed E-state index contributed by atoms with van der Waals surface area (Å²) >= 11 is 6.42.